The monoisotopic (exact) mass is 283 g/mol. The zero-order valence-corrected chi connectivity index (χ0v) is 13.0. The fourth-order valence-electron chi connectivity index (χ4n) is 3.95. The summed E-state index contributed by atoms with van der Waals surface area (Å²) in [5.41, 5.74) is 0. The van der Waals surface area contributed by atoms with E-state index in [9.17, 15) is 9.90 Å². The Morgan fingerprint density at radius 3 is 2.75 bits per heavy atom. The molecule has 0 bridgehead atoms. The second kappa shape index (κ2) is 6.90. The van der Waals surface area contributed by atoms with Gasteiger partial charge in [0, 0.05) is 18.6 Å². The smallest absolute Gasteiger partial charge is 0.308 e. The van der Waals surface area contributed by atoms with Crippen LogP contribution in [0.2, 0.25) is 0 Å². The van der Waals surface area contributed by atoms with Gasteiger partial charge in [-0.05, 0) is 39.0 Å². The summed E-state index contributed by atoms with van der Waals surface area (Å²) >= 11 is 0. The molecule has 0 aromatic heterocycles. The Balaban J connectivity index is 2.11. The van der Waals surface area contributed by atoms with Gasteiger partial charge >= 0.3 is 5.97 Å². The zero-order chi connectivity index (χ0) is 14.7. The van der Waals surface area contributed by atoms with Crippen LogP contribution in [0.25, 0.3) is 0 Å². The second-order valence-electron chi connectivity index (χ2n) is 6.67. The summed E-state index contributed by atoms with van der Waals surface area (Å²) in [5.74, 6) is -0.113. The normalized spacial score (nSPS) is 39.6. The number of morpholine rings is 1. The third-order valence-corrected chi connectivity index (χ3v) is 5.02. The van der Waals surface area contributed by atoms with Crippen molar-refractivity contribution in [2.45, 2.75) is 71.1 Å². The van der Waals surface area contributed by atoms with Crippen LogP contribution >= 0.6 is 0 Å². The Morgan fingerprint density at radius 2 is 2.10 bits per heavy atom. The van der Waals surface area contributed by atoms with E-state index in [1.807, 2.05) is 0 Å². The van der Waals surface area contributed by atoms with Crippen molar-refractivity contribution in [3.05, 3.63) is 0 Å². The summed E-state index contributed by atoms with van der Waals surface area (Å²) in [4.78, 5) is 14.0. The van der Waals surface area contributed by atoms with E-state index in [-0.39, 0.29) is 18.1 Å². The lowest BCUT2D eigenvalue weighted by Gasteiger charge is -2.47. The first-order chi connectivity index (χ1) is 9.52. The molecule has 2 aliphatic rings. The number of hydrogen-bond acceptors (Lipinski definition) is 3. The number of ether oxygens (including phenoxy) is 1. The van der Waals surface area contributed by atoms with Gasteiger partial charge in [0.15, 0.2) is 0 Å². The molecule has 1 aliphatic carbocycles. The van der Waals surface area contributed by atoms with E-state index in [2.05, 4.69) is 25.7 Å². The molecule has 1 aliphatic heterocycles. The molecule has 1 heterocycles. The van der Waals surface area contributed by atoms with E-state index < -0.39 is 5.97 Å². The van der Waals surface area contributed by atoms with E-state index in [0.717, 1.165) is 32.4 Å². The van der Waals surface area contributed by atoms with Crippen molar-refractivity contribution in [3.63, 3.8) is 0 Å². The molecule has 5 unspecified atom stereocenters. The summed E-state index contributed by atoms with van der Waals surface area (Å²) in [6.45, 7) is 8.06. The van der Waals surface area contributed by atoms with Crippen molar-refractivity contribution in [1.29, 1.82) is 0 Å². The summed E-state index contributed by atoms with van der Waals surface area (Å²) in [5, 5.41) is 9.55. The number of carboxylic acid groups (broad SMARTS) is 1. The highest BCUT2D eigenvalue weighted by Gasteiger charge is 2.41. The van der Waals surface area contributed by atoms with Crippen molar-refractivity contribution in [3.8, 4) is 0 Å². The van der Waals surface area contributed by atoms with E-state index >= 15 is 0 Å². The molecular weight excluding hydrogens is 254 g/mol. The Hall–Kier alpha value is -0.610. The second-order valence-corrected chi connectivity index (χ2v) is 6.67. The Kier molecular flexibility index (Phi) is 5.44. The van der Waals surface area contributed by atoms with E-state index in [1.54, 1.807) is 0 Å². The molecule has 116 valence electrons. The minimum absolute atomic E-state index is 0.194. The van der Waals surface area contributed by atoms with Crippen LogP contribution in [0.3, 0.4) is 0 Å². The molecule has 5 atom stereocenters. The molecule has 2 fully saturated rings. The first kappa shape index (κ1) is 15.8. The molecule has 4 nitrogen and oxygen atoms in total. The third-order valence-electron chi connectivity index (χ3n) is 5.02. The standard InChI is InChI=1S/C16H29NO3/c1-4-5-13-6-7-14(16(18)19)15(8-13)17-9-12(3)20-10-11(17)2/h11-15H,4-10H2,1-3H3,(H,18,19). The number of carboxylic acids is 1. The highest BCUT2D eigenvalue weighted by atomic mass is 16.5. The Bertz CT molecular complexity index is 334. The molecule has 1 saturated carbocycles. The first-order valence-electron chi connectivity index (χ1n) is 8.13. The van der Waals surface area contributed by atoms with Gasteiger partial charge in [0.05, 0.1) is 18.6 Å². The Labute approximate surface area is 122 Å². The van der Waals surface area contributed by atoms with Crippen molar-refractivity contribution in [1.82, 2.24) is 4.90 Å². The van der Waals surface area contributed by atoms with E-state index in [1.165, 1.54) is 12.8 Å². The lowest BCUT2D eigenvalue weighted by Crippen LogP contribution is -2.57. The molecule has 0 amide bonds. The van der Waals surface area contributed by atoms with E-state index in [0.29, 0.717) is 12.0 Å². The van der Waals surface area contributed by atoms with Gasteiger partial charge in [0.1, 0.15) is 0 Å². The maximum atomic E-state index is 11.6. The van der Waals surface area contributed by atoms with Crippen LogP contribution in [-0.2, 0) is 9.53 Å². The van der Waals surface area contributed by atoms with Crippen LogP contribution in [0.5, 0.6) is 0 Å². The maximum absolute atomic E-state index is 11.6. The molecule has 2 rings (SSSR count). The van der Waals surface area contributed by atoms with Gasteiger partial charge in [-0.15, -0.1) is 0 Å². The topological polar surface area (TPSA) is 49.8 Å². The molecule has 0 aromatic rings. The van der Waals surface area contributed by atoms with Gasteiger partial charge in [-0.1, -0.05) is 19.8 Å². The van der Waals surface area contributed by atoms with Crippen LogP contribution in [0.1, 0.15) is 52.9 Å². The molecular formula is C16H29NO3. The van der Waals surface area contributed by atoms with Crippen molar-refractivity contribution >= 4 is 5.97 Å². The average molecular weight is 283 g/mol. The predicted molar refractivity (Wildman–Crippen MR) is 78.7 cm³/mol. The van der Waals surface area contributed by atoms with Gasteiger partial charge < -0.3 is 9.84 Å². The summed E-state index contributed by atoms with van der Waals surface area (Å²) in [7, 11) is 0. The minimum atomic E-state index is -0.615. The van der Waals surface area contributed by atoms with Crippen LogP contribution in [0, 0.1) is 11.8 Å². The molecule has 20 heavy (non-hydrogen) atoms. The summed E-state index contributed by atoms with van der Waals surface area (Å²) in [6, 6.07) is 0.526. The fraction of sp³-hybridized carbons (Fsp3) is 0.938. The van der Waals surface area contributed by atoms with Gasteiger partial charge in [-0.2, -0.15) is 0 Å². The molecule has 0 spiro atoms. The number of hydrogen-bond donors (Lipinski definition) is 1. The van der Waals surface area contributed by atoms with Crippen LogP contribution in [0.15, 0.2) is 0 Å². The van der Waals surface area contributed by atoms with Gasteiger partial charge in [0.25, 0.3) is 0 Å². The molecule has 0 aromatic carbocycles. The lowest BCUT2D eigenvalue weighted by molar-refractivity contribution is -0.150. The largest absolute Gasteiger partial charge is 0.481 e. The predicted octanol–water partition coefficient (Wildman–Crippen LogP) is 2.77. The zero-order valence-electron chi connectivity index (χ0n) is 13.0. The van der Waals surface area contributed by atoms with Gasteiger partial charge in [-0.25, -0.2) is 0 Å². The molecule has 1 N–H and O–H groups in total. The number of rotatable bonds is 4. The van der Waals surface area contributed by atoms with Gasteiger partial charge in [-0.3, -0.25) is 9.69 Å². The Morgan fingerprint density at radius 1 is 1.35 bits per heavy atom. The summed E-state index contributed by atoms with van der Waals surface area (Å²) in [6.07, 6.45) is 5.61. The number of carbonyl (C=O) groups is 1. The first-order valence-corrected chi connectivity index (χ1v) is 8.13. The highest BCUT2D eigenvalue weighted by molar-refractivity contribution is 5.71. The van der Waals surface area contributed by atoms with E-state index in [4.69, 9.17) is 4.74 Å². The quantitative estimate of drug-likeness (QED) is 0.862. The average Bonchev–Trinajstić information content (AvgIpc) is 2.41. The SMILES string of the molecule is CCCC1CCC(C(=O)O)C(N2CC(C)OCC2C)C1. The minimum Gasteiger partial charge on any atom is -0.481 e. The molecule has 0 radical (unpaired) electrons. The van der Waals surface area contributed by atoms with Crippen molar-refractivity contribution in [2.24, 2.45) is 11.8 Å². The molecule has 1 saturated heterocycles. The summed E-state index contributed by atoms with van der Waals surface area (Å²) < 4.78 is 5.69. The van der Waals surface area contributed by atoms with Crippen LogP contribution in [-0.4, -0.2) is 47.3 Å². The number of nitrogens with zero attached hydrogens (tertiary/aromatic N) is 1. The van der Waals surface area contributed by atoms with Gasteiger partial charge in [0.2, 0.25) is 0 Å². The lowest BCUT2D eigenvalue weighted by atomic mass is 9.75. The molecule has 4 heteroatoms. The van der Waals surface area contributed by atoms with Crippen molar-refractivity contribution in [2.75, 3.05) is 13.2 Å². The van der Waals surface area contributed by atoms with Crippen molar-refractivity contribution < 1.29 is 14.6 Å². The number of aliphatic carboxylic acids is 1. The maximum Gasteiger partial charge on any atom is 0.308 e. The fourth-order valence-corrected chi connectivity index (χ4v) is 3.95. The van der Waals surface area contributed by atoms with Crippen LogP contribution in [0.4, 0.5) is 0 Å². The highest BCUT2D eigenvalue weighted by Crippen LogP contribution is 2.36. The van der Waals surface area contributed by atoms with Crippen LogP contribution < -0.4 is 0 Å². The third kappa shape index (κ3) is 3.53.